The second-order valence-corrected chi connectivity index (χ2v) is 8.02. The molecule has 2 saturated heterocycles. The molecule has 5 heterocycles. The number of imidazole rings is 1. The number of hydrogen-bond donors (Lipinski definition) is 1. The molecule has 1 spiro atoms. The summed E-state index contributed by atoms with van der Waals surface area (Å²) in [5, 5.41) is 3.31. The van der Waals surface area contributed by atoms with Gasteiger partial charge in [-0.1, -0.05) is 0 Å². The molecule has 2 fully saturated rings. The minimum Gasteiger partial charge on any atom is -0.371 e. The third kappa shape index (κ3) is 3.07. The molecule has 0 unspecified atom stereocenters. The Bertz CT molecular complexity index is 985. The first-order chi connectivity index (χ1) is 13.6. The Labute approximate surface area is 164 Å². The summed E-state index contributed by atoms with van der Waals surface area (Å²) in [5.41, 5.74) is 1.97. The highest BCUT2D eigenvalue weighted by molar-refractivity contribution is 5.78. The van der Waals surface area contributed by atoms with Gasteiger partial charge in [0.25, 0.3) is 0 Å². The molecular weight excluding hydrogens is 354 g/mol. The van der Waals surface area contributed by atoms with Crippen LogP contribution in [0.3, 0.4) is 0 Å². The van der Waals surface area contributed by atoms with Crippen molar-refractivity contribution in [3.63, 3.8) is 0 Å². The molecule has 1 N–H and O–H groups in total. The lowest BCUT2D eigenvalue weighted by Gasteiger charge is -2.51. The third-order valence-corrected chi connectivity index (χ3v) is 5.59. The van der Waals surface area contributed by atoms with Crippen molar-refractivity contribution >= 4 is 28.6 Å². The molecule has 8 heteroatoms. The highest BCUT2D eigenvalue weighted by Crippen LogP contribution is 2.35. The van der Waals surface area contributed by atoms with Crippen molar-refractivity contribution in [2.45, 2.75) is 44.8 Å². The average Bonchev–Trinajstić information content (AvgIpc) is 3.10. The molecule has 3 aromatic heterocycles. The number of nitrogens with one attached hydrogen (secondary N) is 1. The van der Waals surface area contributed by atoms with Gasteiger partial charge in [-0.3, -0.25) is 0 Å². The van der Waals surface area contributed by atoms with E-state index in [9.17, 15) is 0 Å². The van der Waals surface area contributed by atoms with Crippen LogP contribution in [0.5, 0.6) is 0 Å². The molecule has 146 valence electrons. The normalized spacial score (nSPS) is 18.6. The minimum absolute atomic E-state index is 0.0207. The molecule has 0 bridgehead atoms. The quantitative estimate of drug-likeness (QED) is 0.745. The van der Waals surface area contributed by atoms with Crippen molar-refractivity contribution in [1.82, 2.24) is 24.5 Å². The molecule has 28 heavy (non-hydrogen) atoms. The number of rotatable bonds is 4. The summed E-state index contributed by atoms with van der Waals surface area (Å²) in [7, 11) is 0. The van der Waals surface area contributed by atoms with Crippen LogP contribution in [-0.2, 0) is 4.74 Å². The van der Waals surface area contributed by atoms with Gasteiger partial charge < -0.3 is 19.5 Å². The van der Waals surface area contributed by atoms with E-state index < -0.39 is 0 Å². The maximum absolute atomic E-state index is 6.01. The molecule has 5 rings (SSSR count). The lowest BCUT2D eigenvalue weighted by atomic mass is 9.86. The number of fused-ring (bicyclic) bond motifs is 1. The monoisotopic (exact) mass is 379 g/mol. The van der Waals surface area contributed by atoms with Gasteiger partial charge in [0.05, 0.1) is 31.1 Å². The Morgan fingerprint density at radius 3 is 2.82 bits per heavy atom. The van der Waals surface area contributed by atoms with E-state index in [1.165, 1.54) is 12.8 Å². The van der Waals surface area contributed by atoms with Crippen LogP contribution < -0.4 is 10.2 Å². The van der Waals surface area contributed by atoms with Gasteiger partial charge in [0, 0.05) is 24.9 Å². The highest BCUT2D eigenvalue weighted by Gasteiger charge is 2.46. The first kappa shape index (κ1) is 17.4. The molecule has 2 aliphatic rings. The molecular formula is C20H25N7O. The molecule has 0 atom stereocenters. The van der Waals surface area contributed by atoms with Crippen molar-refractivity contribution in [1.29, 1.82) is 0 Å². The molecule has 0 aromatic carbocycles. The second kappa shape index (κ2) is 6.70. The highest BCUT2D eigenvalue weighted by atomic mass is 16.5. The van der Waals surface area contributed by atoms with Gasteiger partial charge >= 0.3 is 0 Å². The molecule has 0 amide bonds. The Hall–Kier alpha value is -2.74. The van der Waals surface area contributed by atoms with Crippen LogP contribution >= 0.6 is 0 Å². The zero-order chi connectivity index (χ0) is 19.1. The number of pyridine rings is 1. The predicted molar refractivity (Wildman–Crippen MR) is 108 cm³/mol. The van der Waals surface area contributed by atoms with Crippen LogP contribution in [0, 0.1) is 0 Å². The van der Waals surface area contributed by atoms with E-state index in [1.54, 1.807) is 12.4 Å². The van der Waals surface area contributed by atoms with E-state index in [0.29, 0.717) is 6.04 Å². The summed E-state index contributed by atoms with van der Waals surface area (Å²) in [6.45, 7) is 6.89. The van der Waals surface area contributed by atoms with Gasteiger partial charge in [-0.15, -0.1) is 0 Å². The van der Waals surface area contributed by atoms with Crippen LogP contribution in [0.2, 0.25) is 0 Å². The summed E-state index contributed by atoms with van der Waals surface area (Å²) < 4.78 is 8.15. The van der Waals surface area contributed by atoms with E-state index in [-0.39, 0.29) is 5.60 Å². The zero-order valence-corrected chi connectivity index (χ0v) is 16.3. The Kier molecular flexibility index (Phi) is 4.16. The van der Waals surface area contributed by atoms with Gasteiger partial charge in [-0.2, -0.15) is 4.98 Å². The zero-order valence-electron chi connectivity index (χ0n) is 16.3. The van der Waals surface area contributed by atoms with Gasteiger partial charge in [0.1, 0.15) is 22.8 Å². The predicted octanol–water partition coefficient (Wildman–Crippen LogP) is 3.31. The minimum atomic E-state index is 0.0207. The fourth-order valence-corrected chi connectivity index (χ4v) is 4.06. The lowest BCUT2D eigenvalue weighted by Crippen LogP contribution is -2.64. The van der Waals surface area contributed by atoms with Gasteiger partial charge in [0.2, 0.25) is 5.95 Å². The van der Waals surface area contributed by atoms with Gasteiger partial charge in [0.15, 0.2) is 0 Å². The fraction of sp³-hybridized carbons (Fsp3) is 0.500. The molecule has 0 radical (unpaired) electrons. The van der Waals surface area contributed by atoms with E-state index in [4.69, 9.17) is 4.74 Å². The van der Waals surface area contributed by atoms with Gasteiger partial charge in [-0.05, 0) is 39.2 Å². The summed E-state index contributed by atoms with van der Waals surface area (Å²) in [6, 6.07) is 4.21. The van der Waals surface area contributed by atoms with Crippen molar-refractivity contribution in [2.24, 2.45) is 0 Å². The Morgan fingerprint density at radius 1 is 1.14 bits per heavy atom. The molecule has 3 aromatic rings. The van der Waals surface area contributed by atoms with Crippen molar-refractivity contribution in [3.8, 4) is 0 Å². The van der Waals surface area contributed by atoms with Gasteiger partial charge in [-0.25, -0.2) is 15.0 Å². The van der Waals surface area contributed by atoms with Crippen LogP contribution in [0.1, 0.15) is 39.2 Å². The smallest absolute Gasteiger partial charge is 0.227 e. The number of hydrogen-bond acceptors (Lipinski definition) is 7. The van der Waals surface area contributed by atoms with Crippen LogP contribution in [0.15, 0.2) is 30.9 Å². The largest absolute Gasteiger partial charge is 0.371 e. The first-order valence-corrected chi connectivity index (χ1v) is 9.93. The van der Waals surface area contributed by atoms with Crippen molar-refractivity contribution in [2.75, 3.05) is 29.9 Å². The van der Waals surface area contributed by atoms with Crippen LogP contribution in [0.25, 0.3) is 11.0 Å². The summed E-state index contributed by atoms with van der Waals surface area (Å²) >= 11 is 0. The molecule has 8 nitrogen and oxygen atoms in total. The number of ether oxygens (including phenoxy) is 1. The maximum atomic E-state index is 6.01. The van der Waals surface area contributed by atoms with E-state index in [2.05, 4.69) is 48.6 Å². The van der Waals surface area contributed by atoms with E-state index >= 15 is 0 Å². The summed E-state index contributed by atoms with van der Waals surface area (Å²) in [5.74, 6) is 2.21. The summed E-state index contributed by atoms with van der Waals surface area (Å²) in [6.07, 6.45) is 8.99. The van der Waals surface area contributed by atoms with Crippen molar-refractivity contribution in [3.05, 3.63) is 30.9 Å². The fourth-order valence-electron chi connectivity index (χ4n) is 4.06. The Balaban J connectivity index is 1.33. The second-order valence-electron chi connectivity index (χ2n) is 8.02. The number of anilines is 3. The standard InChI is InChI=1S/C20H25N7O/c1-14(2)27-13-23-15-10-22-18(9-16(15)27)24-17-5-7-21-19(25-17)26-11-20(12-26)6-3-4-8-28-20/h5,7,9-10,13-14H,3-4,6,8,11-12H2,1-2H3,(H,21,22,24,25). The lowest BCUT2D eigenvalue weighted by molar-refractivity contribution is -0.0954. The van der Waals surface area contributed by atoms with Crippen LogP contribution in [0.4, 0.5) is 17.6 Å². The molecule has 0 saturated carbocycles. The Morgan fingerprint density at radius 2 is 2.04 bits per heavy atom. The maximum Gasteiger partial charge on any atom is 0.227 e. The first-order valence-electron chi connectivity index (χ1n) is 9.93. The molecule has 2 aliphatic heterocycles. The van der Waals surface area contributed by atoms with E-state index in [1.807, 2.05) is 18.5 Å². The number of nitrogens with zero attached hydrogens (tertiary/aromatic N) is 6. The summed E-state index contributed by atoms with van der Waals surface area (Å²) in [4.78, 5) is 20.2. The topological polar surface area (TPSA) is 81.0 Å². The average molecular weight is 379 g/mol. The van der Waals surface area contributed by atoms with Crippen molar-refractivity contribution < 1.29 is 4.74 Å². The molecule has 0 aliphatic carbocycles. The number of aromatic nitrogens is 5. The van der Waals surface area contributed by atoms with E-state index in [0.717, 1.165) is 54.7 Å². The third-order valence-electron chi connectivity index (χ3n) is 5.59. The SMILES string of the molecule is CC(C)n1cnc2cnc(Nc3ccnc(N4CC5(CCCCO5)C4)n3)cc21. The van der Waals surface area contributed by atoms with Crippen LogP contribution in [-0.4, -0.2) is 49.8 Å².